The summed E-state index contributed by atoms with van der Waals surface area (Å²) in [5.41, 5.74) is 4.46. The summed E-state index contributed by atoms with van der Waals surface area (Å²) in [6.45, 7) is 4.05. The normalized spacial score (nSPS) is 22.4. The van der Waals surface area contributed by atoms with Gasteiger partial charge in [-0.3, -0.25) is 9.79 Å². The van der Waals surface area contributed by atoms with Crippen LogP contribution in [-0.4, -0.2) is 42.3 Å². The Labute approximate surface area is 168 Å². The molecule has 2 aliphatic heterocycles. The number of thioether (sulfide) groups is 1. The van der Waals surface area contributed by atoms with Crippen molar-refractivity contribution in [1.82, 2.24) is 0 Å². The van der Waals surface area contributed by atoms with E-state index in [1.165, 1.54) is 17.3 Å². The van der Waals surface area contributed by atoms with Crippen molar-refractivity contribution in [3.8, 4) is 0 Å². The van der Waals surface area contributed by atoms with Gasteiger partial charge in [0.15, 0.2) is 15.0 Å². The summed E-state index contributed by atoms with van der Waals surface area (Å²) >= 11 is 1.47. The van der Waals surface area contributed by atoms with Crippen molar-refractivity contribution >= 4 is 44.0 Å². The molecule has 0 spiro atoms. The minimum absolute atomic E-state index is 0.00974. The summed E-state index contributed by atoms with van der Waals surface area (Å²) in [5.74, 6) is 0.157. The van der Waals surface area contributed by atoms with E-state index in [4.69, 9.17) is 0 Å². The molecule has 0 bridgehead atoms. The van der Waals surface area contributed by atoms with Crippen molar-refractivity contribution in [2.24, 2.45) is 4.99 Å². The van der Waals surface area contributed by atoms with Gasteiger partial charge in [-0.25, -0.2) is 8.42 Å². The standard InChI is InChI=1S/C20H21N3O3S2/c1-12-3-6-16(9-13(12)2)21-19(24)14-4-7-15(8-5-14)22-20-23-17-10-28(25,26)11-18(17)27-20/h3-9,17-18H,10-11H2,1-2H3,(H,21,24)(H,22,23). The lowest BCUT2D eigenvalue weighted by Crippen LogP contribution is -2.13. The Kier molecular flexibility index (Phi) is 4.93. The lowest BCUT2D eigenvalue weighted by molar-refractivity contribution is 0.102. The third-order valence-electron chi connectivity index (χ3n) is 4.98. The van der Waals surface area contributed by atoms with Crippen LogP contribution in [0, 0.1) is 13.8 Å². The molecule has 1 saturated heterocycles. The Morgan fingerprint density at radius 1 is 1.04 bits per heavy atom. The number of hydrogen-bond donors (Lipinski definition) is 2. The molecule has 28 heavy (non-hydrogen) atoms. The number of hydrogen-bond acceptors (Lipinski definition) is 6. The van der Waals surface area contributed by atoms with E-state index >= 15 is 0 Å². The van der Waals surface area contributed by atoms with Gasteiger partial charge in [-0.1, -0.05) is 17.8 Å². The number of aliphatic imine (C=N–C) groups is 1. The van der Waals surface area contributed by atoms with Gasteiger partial charge < -0.3 is 10.6 Å². The van der Waals surface area contributed by atoms with E-state index in [0.29, 0.717) is 5.56 Å². The van der Waals surface area contributed by atoms with E-state index in [-0.39, 0.29) is 28.7 Å². The summed E-state index contributed by atoms with van der Waals surface area (Å²) in [6.07, 6.45) is 0. The SMILES string of the molecule is Cc1ccc(NC(=O)c2ccc(NC3=NC4CS(=O)(=O)CC4S3)cc2)cc1C. The number of sulfone groups is 1. The third kappa shape index (κ3) is 4.07. The van der Waals surface area contributed by atoms with Crippen LogP contribution in [0.25, 0.3) is 0 Å². The van der Waals surface area contributed by atoms with Crippen molar-refractivity contribution in [3.05, 3.63) is 59.2 Å². The van der Waals surface area contributed by atoms with Crippen molar-refractivity contribution in [3.63, 3.8) is 0 Å². The Morgan fingerprint density at radius 3 is 2.43 bits per heavy atom. The van der Waals surface area contributed by atoms with Crippen LogP contribution in [0.2, 0.25) is 0 Å². The molecule has 8 heteroatoms. The zero-order valence-electron chi connectivity index (χ0n) is 15.6. The first-order valence-electron chi connectivity index (χ1n) is 9.00. The van der Waals surface area contributed by atoms with Gasteiger partial charge in [0.05, 0.1) is 17.5 Å². The molecule has 4 rings (SSSR count). The number of benzene rings is 2. The number of anilines is 2. The monoisotopic (exact) mass is 415 g/mol. The second-order valence-electron chi connectivity index (χ2n) is 7.19. The number of amidine groups is 1. The number of nitrogens with zero attached hydrogens (tertiary/aromatic N) is 1. The highest BCUT2D eigenvalue weighted by Crippen LogP contribution is 2.34. The zero-order chi connectivity index (χ0) is 19.9. The number of carbonyl (C=O) groups is 1. The lowest BCUT2D eigenvalue weighted by atomic mass is 10.1. The minimum atomic E-state index is -2.95. The first kappa shape index (κ1) is 19.0. The fourth-order valence-electron chi connectivity index (χ4n) is 3.27. The molecular formula is C20H21N3O3S2. The van der Waals surface area contributed by atoms with E-state index in [1.807, 2.05) is 44.2 Å². The molecule has 1 amide bonds. The Bertz CT molecular complexity index is 1060. The predicted octanol–water partition coefficient (Wildman–Crippen LogP) is 3.24. The van der Waals surface area contributed by atoms with Crippen LogP contribution in [0.3, 0.4) is 0 Å². The van der Waals surface area contributed by atoms with E-state index < -0.39 is 9.84 Å². The van der Waals surface area contributed by atoms with Crippen LogP contribution in [0.4, 0.5) is 11.4 Å². The molecule has 0 aromatic heterocycles. The molecule has 2 aliphatic rings. The van der Waals surface area contributed by atoms with Crippen LogP contribution in [0.5, 0.6) is 0 Å². The van der Waals surface area contributed by atoms with E-state index in [2.05, 4.69) is 15.6 Å². The summed E-state index contributed by atoms with van der Waals surface area (Å²) in [4.78, 5) is 16.9. The van der Waals surface area contributed by atoms with E-state index in [9.17, 15) is 13.2 Å². The highest BCUT2D eigenvalue weighted by molar-refractivity contribution is 8.15. The number of nitrogens with one attached hydrogen (secondary N) is 2. The molecule has 2 aromatic carbocycles. The summed E-state index contributed by atoms with van der Waals surface area (Å²) in [7, 11) is -2.95. The maximum Gasteiger partial charge on any atom is 0.255 e. The maximum atomic E-state index is 12.4. The van der Waals surface area contributed by atoms with Gasteiger partial charge in [0.2, 0.25) is 0 Å². The molecule has 0 aliphatic carbocycles. The fourth-order valence-corrected chi connectivity index (χ4v) is 6.94. The second-order valence-corrected chi connectivity index (χ2v) is 10.6. The minimum Gasteiger partial charge on any atom is -0.335 e. The summed E-state index contributed by atoms with van der Waals surface area (Å²) in [6, 6.07) is 12.8. The van der Waals surface area contributed by atoms with Gasteiger partial charge in [0.1, 0.15) is 0 Å². The summed E-state index contributed by atoms with van der Waals surface area (Å²) < 4.78 is 23.3. The van der Waals surface area contributed by atoms with Crippen LogP contribution >= 0.6 is 11.8 Å². The van der Waals surface area contributed by atoms with Crippen molar-refractivity contribution in [2.75, 3.05) is 22.1 Å². The average Bonchev–Trinajstić information content (AvgIpc) is 3.11. The average molecular weight is 416 g/mol. The zero-order valence-corrected chi connectivity index (χ0v) is 17.2. The maximum absolute atomic E-state index is 12.4. The highest BCUT2D eigenvalue weighted by Gasteiger charge is 2.42. The number of fused-ring (bicyclic) bond motifs is 1. The van der Waals surface area contributed by atoms with Crippen molar-refractivity contribution < 1.29 is 13.2 Å². The lowest BCUT2D eigenvalue weighted by Gasteiger charge is -2.09. The predicted molar refractivity (Wildman–Crippen MR) is 115 cm³/mol. The second kappa shape index (κ2) is 7.25. The van der Waals surface area contributed by atoms with Crippen LogP contribution < -0.4 is 10.6 Å². The van der Waals surface area contributed by atoms with Gasteiger partial charge in [0.25, 0.3) is 5.91 Å². The number of rotatable bonds is 3. The molecule has 0 saturated carbocycles. The smallest absolute Gasteiger partial charge is 0.255 e. The van der Waals surface area contributed by atoms with E-state index in [0.717, 1.165) is 22.1 Å². The number of carbonyl (C=O) groups excluding carboxylic acids is 1. The Morgan fingerprint density at radius 2 is 1.75 bits per heavy atom. The molecule has 6 nitrogen and oxygen atoms in total. The van der Waals surface area contributed by atoms with Gasteiger partial charge in [-0.2, -0.15) is 0 Å². The van der Waals surface area contributed by atoms with Gasteiger partial charge in [-0.05, 0) is 61.4 Å². The first-order valence-corrected chi connectivity index (χ1v) is 11.7. The molecular weight excluding hydrogens is 394 g/mol. The Balaban J connectivity index is 1.39. The fraction of sp³-hybridized carbons (Fsp3) is 0.300. The van der Waals surface area contributed by atoms with Crippen LogP contribution in [-0.2, 0) is 9.84 Å². The van der Waals surface area contributed by atoms with Gasteiger partial charge in [0, 0.05) is 22.2 Å². The molecule has 1 fully saturated rings. The molecule has 2 N–H and O–H groups in total. The largest absolute Gasteiger partial charge is 0.335 e. The van der Waals surface area contributed by atoms with Gasteiger partial charge in [-0.15, -0.1) is 0 Å². The topological polar surface area (TPSA) is 87.6 Å². The highest BCUT2D eigenvalue weighted by atomic mass is 32.2. The van der Waals surface area contributed by atoms with Crippen LogP contribution in [0.1, 0.15) is 21.5 Å². The Hall–Kier alpha value is -2.32. The molecule has 0 radical (unpaired) electrons. The molecule has 2 aromatic rings. The molecule has 2 atom stereocenters. The van der Waals surface area contributed by atoms with E-state index in [1.54, 1.807) is 12.1 Å². The van der Waals surface area contributed by atoms with Crippen molar-refractivity contribution in [2.45, 2.75) is 25.1 Å². The quantitative estimate of drug-likeness (QED) is 0.804. The number of amides is 1. The third-order valence-corrected chi connectivity index (χ3v) is 8.12. The van der Waals surface area contributed by atoms with Gasteiger partial charge >= 0.3 is 0 Å². The first-order chi connectivity index (χ1) is 13.3. The number of aryl methyl sites for hydroxylation is 2. The molecule has 2 heterocycles. The molecule has 2 unspecified atom stereocenters. The van der Waals surface area contributed by atoms with Crippen molar-refractivity contribution in [1.29, 1.82) is 0 Å². The van der Waals surface area contributed by atoms with Crippen LogP contribution in [0.15, 0.2) is 47.5 Å². The molecule has 146 valence electrons. The summed E-state index contributed by atoms with van der Waals surface area (Å²) in [5, 5.41) is 6.87.